The summed E-state index contributed by atoms with van der Waals surface area (Å²) in [6.07, 6.45) is 1.89. The number of nitrogens with zero attached hydrogens (tertiary/aromatic N) is 3. The maximum Gasteiger partial charge on any atom is 0.270 e. The van der Waals surface area contributed by atoms with Gasteiger partial charge in [-0.05, 0) is 38.7 Å². The first-order valence-corrected chi connectivity index (χ1v) is 9.14. The molecule has 0 fully saturated rings. The molecule has 1 N–H and O–H groups in total. The van der Waals surface area contributed by atoms with E-state index in [2.05, 4.69) is 4.72 Å². The van der Waals surface area contributed by atoms with E-state index in [-0.39, 0.29) is 23.2 Å². The van der Waals surface area contributed by atoms with Crippen LogP contribution in [0.3, 0.4) is 0 Å². The lowest BCUT2D eigenvalue weighted by Crippen LogP contribution is -2.35. The smallest absolute Gasteiger partial charge is 0.270 e. The summed E-state index contributed by atoms with van der Waals surface area (Å²) in [7, 11) is 1.76. The average molecular weight is 366 g/mol. The number of sulfonamides is 1. The number of nitrogens with one attached hydrogen (secondary N) is 1. The molecule has 1 aromatic carbocycles. The van der Waals surface area contributed by atoms with E-state index >= 15 is 0 Å². The first kappa shape index (κ1) is 19.1. The summed E-state index contributed by atoms with van der Waals surface area (Å²) in [6.45, 7) is 1.76. The monoisotopic (exact) mass is 366 g/mol. The van der Waals surface area contributed by atoms with E-state index in [0.717, 1.165) is 11.8 Å². The Bertz CT molecular complexity index is 874. The summed E-state index contributed by atoms with van der Waals surface area (Å²) in [6, 6.07) is 7.47. The SMILES string of the molecule is Cc1ccc([N+](=O)[O-])cc1S(=O)(=O)NCC(c1cccn1C)N(C)C. The third-order valence-corrected chi connectivity index (χ3v) is 5.65. The third-order valence-electron chi connectivity index (χ3n) is 4.09. The fourth-order valence-corrected chi connectivity index (χ4v) is 3.93. The predicted octanol–water partition coefficient (Wildman–Crippen LogP) is 1.82. The molecule has 0 aliphatic carbocycles. The van der Waals surface area contributed by atoms with E-state index in [0.29, 0.717) is 5.56 Å². The number of non-ortho nitro benzene ring substituents is 1. The Morgan fingerprint density at radius 1 is 1.32 bits per heavy atom. The number of hydrogen-bond donors (Lipinski definition) is 1. The highest BCUT2D eigenvalue weighted by Gasteiger charge is 2.24. The molecule has 25 heavy (non-hydrogen) atoms. The van der Waals surface area contributed by atoms with Gasteiger partial charge in [-0.25, -0.2) is 13.1 Å². The molecule has 0 saturated heterocycles. The van der Waals surface area contributed by atoms with Gasteiger partial charge in [0.05, 0.1) is 15.9 Å². The van der Waals surface area contributed by atoms with Gasteiger partial charge in [0, 0.05) is 37.6 Å². The molecule has 0 saturated carbocycles. The summed E-state index contributed by atoms with van der Waals surface area (Å²) in [5.41, 5.74) is 1.17. The van der Waals surface area contributed by atoms with Crippen molar-refractivity contribution in [1.82, 2.24) is 14.2 Å². The number of hydrogen-bond acceptors (Lipinski definition) is 5. The molecular formula is C16H22N4O4S. The second-order valence-electron chi connectivity index (χ2n) is 6.08. The van der Waals surface area contributed by atoms with Gasteiger partial charge in [0.15, 0.2) is 0 Å². The Morgan fingerprint density at radius 2 is 2.00 bits per heavy atom. The number of rotatable bonds is 7. The fraction of sp³-hybridized carbons (Fsp3) is 0.375. The quantitative estimate of drug-likeness (QED) is 0.595. The second kappa shape index (κ2) is 7.34. The molecule has 1 heterocycles. The van der Waals surface area contributed by atoms with Crippen molar-refractivity contribution in [1.29, 1.82) is 0 Å². The zero-order chi connectivity index (χ0) is 18.8. The van der Waals surface area contributed by atoms with Crippen molar-refractivity contribution in [3.05, 3.63) is 57.9 Å². The highest BCUT2D eigenvalue weighted by Crippen LogP contribution is 2.23. The molecule has 0 aliphatic rings. The third kappa shape index (κ3) is 4.25. The van der Waals surface area contributed by atoms with Crippen molar-refractivity contribution in [2.45, 2.75) is 17.9 Å². The summed E-state index contributed by atoms with van der Waals surface area (Å²) < 4.78 is 29.8. The van der Waals surface area contributed by atoms with Crippen LogP contribution in [0.4, 0.5) is 5.69 Å². The van der Waals surface area contributed by atoms with Crippen LogP contribution < -0.4 is 4.72 Å². The van der Waals surface area contributed by atoms with Crippen LogP contribution in [0.1, 0.15) is 17.3 Å². The molecule has 0 amide bonds. The lowest BCUT2D eigenvalue weighted by Gasteiger charge is -2.25. The van der Waals surface area contributed by atoms with Gasteiger partial charge in [-0.3, -0.25) is 15.0 Å². The number of nitro groups is 1. The highest BCUT2D eigenvalue weighted by molar-refractivity contribution is 7.89. The molecule has 1 atom stereocenters. The van der Waals surface area contributed by atoms with Crippen LogP contribution in [-0.2, 0) is 17.1 Å². The zero-order valence-electron chi connectivity index (χ0n) is 14.6. The van der Waals surface area contributed by atoms with E-state index in [1.54, 1.807) is 6.92 Å². The molecule has 0 spiro atoms. The van der Waals surface area contributed by atoms with E-state index < -0.39 is 14.9 Å². The van der Waals surface area contributed by atoms with Crippen LogP contribution in [0.25, 0.3) is 0 Å². The standard InChI is InChI=1S/C16H22N4O4S/c1-12-7-8-13(20(21)22)10-16(12)25(23,24)17-11-15(18(2)3)14-6-5-9-19(14)4/h5-10,15,17H,11H2,1-4H3. The molecule has 2 rings (SSSR count). The molecular weight excluding hydrogens is 344 g/mol. The summed E-state index contributed by atoms with van der Waals surface area (Å²) >= 11 is 0. The Hall–Kier alpha value is -2.23. The van der Waals surface area contributed by atoms with Gasteiger partial charge < -0.3 is 4.57 Å². The van der Waals surface area contributed by atoms with Crippen molar-refractivity contribution in [2.24, 2.45) is 7.05 Å². The van der Waals surface area contributed by atoms with Crippen LogP contribution in [0.5, 0.6) is 0 Å². The van der Waals surface area contributed by atoms with E-state index in [1.165, 1.54) is 12.1 Å². The van der Waals surface area contributed by atoms with Crippen LogP contribution in [-0.4, -0.2) is 43.4 Å². The van der Waals surface area contributed by atoms with Gasteiger partial charge in [0.2, 0.25) is 10.0 Å². The Labute approximate surface area is 147 Å². The Kier molecular flexibility index (Phi) is 5.61. The van der Waals surface area contributed by atoms with Gasteiger partial charge >= 0.3 is 0 Å². The van der Waals surface area contributed by atoms with Crippen molar-refractivity contribution in [2.75, 3.05) is 20.6 Å². The van der Waals surface area contributed by atoms with Gasteiger partial charge in [-0.2, -0.15) is 0 Å². The minimum absolute atomic E-state index is 0.0777. The molecule has 0 radical (unpaired) electrons. The van der Waals surface area contributed by atoms with Gasteiger partial charge in [-0.15, -0.1) is 0 Å². The van der Waals surface area contributed by atoms with E-state index in [9.17, 15) is 18.5 Å². The molecule has 9 heteroatoms. The van der Waals surface area contributed by atoms with Gasteiger partial charge in [0.1, 0.15) is 0 Å². The van der Waals surface area contributed by atoms with Crippen LogP contribution in [0.15, 0.2) is 41.4 Å². The van der Waals surface area contributed by atoms with Crippen molar-refractivity contribution in [3.8, 4) is 0 Å². The number of benzene rings is 1. The maximum absolute atomic E-state index is 12.7. The first-order valence-electron chi connectivity index (χ1n) is 7.66. The molecule has 0 aliphatic heterocycles. The summed E-state index contributed by atoms with van der Waals surface area (Å²) in [5.74, 6) is 0. The first-order chi connectivity index (χ1) is 11.6. The number of aromatic nitrogens is 1. The highest BCUT2D eigenvalue weighted by atomic mass is 32.2. The Balaban J connectivity index is 2.28. The fourth-order valence-electron chi connectivity index (χ4n) is 2.63. The second-order valence-corrected chi connectivity index (χ2v) is 7.82. The molecule has 2 aromatic rings. The van der Waals surface area contributed by atoms with Crippen molar-refractivity contribution < 1.29 is 13.3 Å². The minimum atomic E-state index is -3.87. The molecule has 1 unspecified atom stereocenters. The minimum Gasteiger partial charge on any atom is -0.353 e. The average Bonchev–Trinajstić information content (AvgIpc) is 2.93. The van der Waals surface area contributed by atoms with E-state index in [1.807, 2.05) is 48.9 Å². The molecule has 0 bridgehead atoms. The van der Waals surface area contributed by atoms with Crippen molar-refractivity contribution >= 4 is 15.7 Å². The Morgan fingerprint density at radius 3 is 2.52 bits per heavy atom. The maximum atomic E-state index is 12.7. The van der Waals surface area contributed by atoms with Crippen LogP contribution in [0, 0.1) is 17.0 Å². The lowest BCUT2D eigenvalue weighted by molar-refractivity contribution is -0.385. The normalized spacial score (nSPS) is 13.2. The predicted molar refractivity (Wildman–Crippen MR) is 94.9 cm³/mol. The lowest BCUT2D eigenvalue weighted by atomic mass is 10.2. The largest absolute Gasteiger partial charge is 0.353 e. The molecule has 136 valence electrons. The number of likely N-dealkylation sites (N-methyl/N-ethyl adjacent to an activating group) is 1. The number of aryl methyl sites for hydroxylation is 2. The topological polar surface area (TPSA) is 97.5 Å². The van der Waals surface area contributed by atoms with Crippen molar-refractivity contribution in [3.63, 3.8) is 0 Å². The van der Waals surface area contributed by atoms with Crippen LogP contribution in [0.2, 0.25) is 0 Å². The zero-order valence-corrected chi connectivity index (χ0v) is 15.4. The van der Waals surface area contributed by atoms with Gasteiger partial charge in [0.25, 0.3) is 5.69 Å². The van der Waals surface area contributed by atoms with Crippen LogP contribution >= 0.6 is 0 Å². The van der Waals surface area contributed by atoms with Gasteiger partial charge in [-0.1, -0.05) is 6.07 Å². The summed E-state index contributed by atoms with van der Waals surface area (Å²) in [4.78, 5) is 12.2. The summed E-state index contributed by atoms with van der Waals surface area (Å²) in [5, 5.41) is 10.9. The number of nitro benzene ring substituents is 1. The molecule has 8 nitrogen and oxygen atoms in total. The van der Waals surface area contributed by atoms with E-state index in [4.69, 9.17) is 0 Å². The molecule has 1 aromatic heterocycles.